The molecular weight excluding hydrogens is 518 g/mol. The molecule has 0 saturated carbocycles. The van der Waals surface area contributed by atoms with Crippen LogP contribution in [0.2, 0.25) is 0 Å². The fourth-order valence-corrected chi connectivity index (χ4v) is 5.54. The van der Waals surface area contributed by atoms with Crippen LogP contribution in [0, 0.1) is 25.2 Å². The molecule has 41 heavy (non-hydrogen) atoms. The van der Waals surface area contributed by atoms with Crippen molar-refractivity contribution in [1.29, 1.82) is 5.26 Å². The van der Waals surface area contributed by atoms with Gasteiger partial charge in [-0.25, -0.2) is 9.59 Å². The second-order valence-electron chi connectivity index (χ2n) is 11.4. The van der Waals surface area contributed by atoms with E-state index in [-0.39, 0.29) is 18.5 Å². The molecule has 5 rings (SSSR count). The number of carbonyl (C=O) groups is 2. The van der Waals surface area contributed by atoms with E-state index < -0.39 is 28.8 Å². The van der Waals surface area contributed by atoms with Crippen LogP contribution in [-0.4, -0.2) is 17.6 Å². The van der Waals surface area contributed by atoms with Crippen molar-refractivity contribution in [2.45, 2.75) is 58.7 Å². The molecule has 0 aliphatic carbocycles. The van der Waals surface area contributed by atoms with Crippen LogP contribution < -0.4 is 15.8 Å². The number of carbonyl (C=O) groups excluding carboxylic acids is 2. The van der Waals surface area contributed by atoms with Crippen molar-refractivity contribution in [3.05, 3.63) is 111 Å². The van der Waals surface area contributed by atoms with E-state index >= 15 is 0 Å². The minimum atomic E-state index is -1.67. The van der Waals surface area contributed by atoms with Gasteiger partial charge in [-0.05, 0) is 69.0 Å². The van der Waals surface area contributed by atoms with Crippen molar-refractivity contribution in [1.82, 2.24) is 5.32 Å². The van der Waals surface area contributed by atoms with Gasteiger partial charge < -0.3 is 19.4 Å². The van der Waals surface area contributed by atoms with Gasteiger partial charge in [-0.15, -0.1) is 0 Å². The number of nitrogens with one attached hydrogen (secondary N) is 1. The lowest BCUT2D eigenvalue weighted by Crippen LogP contribution is -2.55. The van der Waals surface area contributed by atoms with Gasteiger partial charge in [-0.2, -0.15) is 5.26 Å². The maximum absolute atomic E-state index is 14.6. The molecule has 1 atom stereocenters. The average Bonchev–Trinajstić information content (AvgIpc) is 3.12. The van der Waals surface area contributed by atoms with Gasteiger partial charge in [0.2, 0.25) is 0 Å². The number of alkyl carbamates (subject to hydrolysis) is 1. The molecule has 1 aliphatic rings. The van der Waals surface area contributed by atoms with Crippen LogP contribution in [0.4, 0.5) is 10.5 Å². The number of amides is 2. The van der Waals surface area contributed by atoms with Gasteiger partial charge in [-0.3, -0.25) is 4.79 Å². The first-order chi connectivity index (χ1) is 19.4. The molecule has 0 bridgehead atoms. The molecule has 0 saturated heterocycles. The van der Waals surface area contributed by atoms with Gasteiger partial charge in [0.1, 0.15) is 22.8 Å². The monoisotopic (exact) mass is 549 g/mol. The summed E-state index contributed by atoms with van der Waals surface area (Å²) < 4.78 is 11.2. The lowest BCUT2D eigenvalue weighted by atomic mass is 9.82. The number of nitriles is 1. The molecule has 0 fully saturated rings. The van der Waals surface area contributed by atoms with E-state index in [1.807, 2.05) is 74.5 Å². The molecule has 1 aliphatic heterocycles. The van der Waals surface area contributed by atoms with Crippen molar-refractivity contribution in [2.24, 2.45) is 0 Å². The molecule has 1 N–H and O–H groups in total. The first kappa shape index (κ1) is 27.7. The van der Waals surface area contributed by atoms with Crippen LogP contribution in [0.1, 0.15) is 54.2 Å². The van der Waals surface area contributed by atoms with Crippen LogP contribution >= 0.6 is 0 Å². The number of aryl methyl sites for hydroxylation is 2. The zero-order chi connectivity index (χ0) is 29.5. The number of benzene rings is 3. The topological polar surface area (TPSA) is 113 Å². The largest absolute Gasteiger partial charge is 0.444 e. The summed E-state index contributed by atoms with van der Waals surface area (Å²) in [5.74, 6) is -0.400. The SMILES string of the molecule is Cc1cc(C)c2oc(=O)c(C#N)c(C[C@@]3(NC(=O)OC(C)(C)C)C(=O)N(Cc4ccccc4)c4ccccc43)c2c1. The van der Waals surface area contributed by atoms with E-state index in [9.17, 15) is 19.6 Å². The lowest BCUT2D eigenvalue weighted by Gasteiger charge is -2.32. The highest BCUT2D eigenvalue weighted by Crippen LogP contribution is 2.44. The first-order valence-corrected chi connectivity index (χ1v) is 13.4. The summed E-state index contributed by atoms with van der Waals surface area (Å²) in [6, 6.07) is 22.5. The number of para-hydroxylation sites is 1. The predicted molar refractivity (Wildman–Crippen MR) is 155 cm³/mol. The Bertz CT molecular complexity index is 1780. The Labute approximate surface area is 238 Å². The van der Waals surface area contributed by atoms with Crippen LogP contribution in [0.5, 0.6) is 0 Å². The van der Waals surface area contributed by atoms with E-state index in [2.05, 4.69) is 5.32 Å². The molecule has 2 heterocycles. The Morgan fingerprint density at radius 2 is 1.73 bits per heavy atom. The summed E-state index contributed by atoms with van der Waals surface area (Å²) in [5.41, 5.74) is 0.839. The minimum Gasteiger partial charge on any atom is -0.444 e. The molecule has 1 aromatic heterocycles. The van der Waals surface area contributed by atoms with E-state index in [1.54, 1.807) is 37.8 Å². The van der Waals surface area contributed by atoms with Crippen LogP contribution in [0.25, 0.3) is 11.0 Å². The zero-order valence-electron chi connectivity index (χ0n) is 23.7. The van der Waals surface area contributed by atoms with Crippen molar-refractivity contribution < 1.29 is 18.7 Å². The van der Waals surface area contributed by atoms with E-state index in [4.69, 9.17) is 9.15 Å². The van der Waals surface area contributed by atoms with Gasteiger partial charge in [-0.1, -0.05) is 54.6 Å². The maximum Gasteiger partial charge on any atom is 0.408 e. The minimum absolute atomic E-state index is 0.165. The summed E-state index contributed by atoms with van der Waals surface area (Å²) in [5, 5.41) is 13.5. The Hall–Kier alpha value is -4.90. The van der Waals surface area contributed by atoms with Crippen LogP contribution in [0.3, 0.4) is 0 Å². The Morgan fingerprint density at radius 3 is 2.41 bits per heavy atom. The summed E-state index contributed by atoms with van der Waals surface area (Å²) >= 11 is 0. The molecule has 0 radical (unpaired) electrons. The molecule has 8 nitrogen and oxygen atoms in total. The molecule has 208 valence electrons. The first-order valence-electron chi connectivity index (χ1n) is 13.4. The van der Waals surface area contributed by atoms with Gasteiger partial charge in [0.15, 0.2) is 5.54 Å². The number of fused-ring (bicyclic) bond motifs is 2. The van der Waals surface area contributed by atoms with E-state index in [1.165, 1.54) is 0 Å². The average molecular weight is 550 g/mol. The van der Waals surface area contributed by atoms with Crippen LogP contribution in [-0.2, 0) is 28.0 Å². The highest BCUT2D eigenvalue weighted by Gasteiger charge is 2.53. The van der Waals surface area contributed by atoms with E-state index in [0.717, 1.165) is 16.7 Å². The predicted octanol–water partition coefficient (Wildman–Crippen LogP) is 5.79. The quantitative estimate of drug-likeness (QED) is 0.315. The smallest absolute Gasteiger partial charge is 0.408 e. The zero-order valence-corrected chi connectivity index (χ0v) is 23.7. The summed E-state index contributed by atoms with van der Waals surface area (Å²) in [6.45, 7) is 9.19. The Balaban J connectivity index is 1.76. The molecule has 4 aromatic rings. The standard InChI is InChI=1S/C33H31N3O5/c1-20-15-21(2)28-23(16-20)24(25(18-34)29(37)40-28)17-33(35-31(39)41-32(3,4)5)26-13-9-10-14-27(26)36(30(33)38)19-22-11-7-6-8-12-22/h6-16H,17,19H2,1-5H3,(H,35,39)/t33-/m0/s1. The normalized spacial score (nSPS) is 16.4. The fourth-order valence-electron chi connectivity index (χ4n) is 5.54. The molecular formula is C33H31N3O5. The number of hydrogen-bond donors (Lipinski definition) is 1. The van der Waals surface area contributed by atoms with Gasteiger partial charge in [0.05, 0.1) is 12.2 Å². The van der Waals surface area contributed by atoms with Crippen molar-refractivity contribution in [2.75, 3.05) is 4.90 Å². The second-order valence-corrected chi connectivity index (χ2v) is 11.4. The van der Waals surface area contributed by atoms with Crippen molar-refractivity contribution in [3.63, 3.8) is 0 Å². The third kappa shape index (κ3) is 5.07. The number of anilines is 1. The number of hydrogen-bond acceptors (Lipinski definition) is 6. The molecule has 0 unspecified atom stereocenters. The maximum atomic E-state index is 14.6. The lowest BCUT2D eigenvalue weighted by molar-refractivity contribution is -0.124. The van der Waals surface area contributed by atoms with Crippen LogP contribution in [0.15, 0.2) is 75.9 Å². The van der Waals surface area contributed by atoms with Crippen molar-refractivity contribution in [3.8, 4) is 6.07 Å². The molecule has 0 spiro atoms. The highest BCUT2D eigenvalue weighted by molar-refractivity contribution is 6.09. The number of nitrogens with zero attached hydrogens (tertiary/aromatic N) is 2. The number of rotatable bonds is 5. The van der Waals surface area contributed by atoms with E-state index in [0.29, 0.717) is 27.8 Å². The summed E-state index contributed by atoms with van der Waals surface area (Å²) in [4.78, 5) is 42.7. The second kappa shape index (κ2) is 10.3. The Kier molecular flexibility index (Phi) is 6.92. The third-order valence-electron chi connectivity index (χ3n) is 7.16. The van der Waals surface area contributed by atoms with Crippen molar-refractivity contribution >= 4 is 28.7 Å². The van der Waals surface area contributed by atoms with Gasteiger partial charge in [0, 0.05) is 17.4 Å². The van der Waals surface area contributed by atoms with Gasteiger partial charge >= 0.3 is 11.7 Å². The third-order valence-corrected chi connectivity index (χ3v) is 7.16. The number of ether oxygens (including phenoxy) is 1. The molecule has 2 amide bonds. The van der Waals surface area contributed by atoms with Gasteiger partial charge in [0.25, 0.3) is 5.91 Å². The highest BCUT2D eigenvalue weighted by atomic mass is 16.6. The summed E-state index contributed by atoms with van der Waals surface area (Å²) in [7, 11) is 0. The fraction of sp³-hybridized carbons (Fsp3) is 0.273. The molecule has 3 aromatic carbocycles. The Morgan fingerprint density at radius 1 is 1.05 bits per heavy atom. The summed E-state index contributed by atoms with van der Waals surface area (Å²) in [6.07, 6.45) is -0.957. The molecule has 8 heteroatoms.